The summed E-state index contributed by atoms with van der Waals surface area (Å²) in [5, 5.41) is -0.606. The molecule has 0 amide bonds. The Kier molecular flexibility index (Phi) is 3.68. The van der Waals surface area contributed by atoms with E-state index in [9.17, 15) is 17.6 Å². The van der Waals surface area contributed by atoms with Gasteiger partial charge in [-0.15, -0.1) is 0 Å². The molecule has 0 aromatic heterocycles. The average Bonchev–Trinajstić information content (AvgIpc) is 2.10. The van der Waals surface area contributed by atoms with Crippen molar-refractivity contribution in [1.82, 2.24) is 0 Å². The van der Waals surface area contributed by atoms with Gasteiger partial charge in [-0.25, -0.2) is 4.39 Å². The van der Waals surface area contributed by atoms with Crippen molar-refractivity contribution in [2.75, 3.05) is 0 Å². The summed E-state index contributed by atoms with van der Waals surface area (Å²) >= 11 is 5.35. The minimum Gasteiger partial charge on any atom is -0.488 e. The topological polar surface area (TPSA) is 9.23 Å². The molecular weight excluding hydrogens is 248 g/mol. The molecule has 1 rings (SSSR count). The molecule has 1 aromatic rings. The van der Waals surface area contributed by atoms with Gasteiger partial charge in [0.25, 0.3) is 0 Å². The maximum Gasteiger partial charge on any atom is 0.416 e. The van der Waals surface area contributed by atoms with Crippen LogP contribution in [0.1, 0.15) is 19.4 Å². The highest BCUT2D eigenvalue weighted by Crippen LogP contribution is 2.36. The van der Waals surface area contributed by atoms with Crippen molar-refractivity contribution < 1.29 is 22.3 Å². The number of hydrogen-bond donors (Lipinski definition) is 0. The number of halogens is 5. The Bertz CT molecular complexity index is 387. The molecule has 0 radical (unpaired) electrons. The summed E-state index contributed by atoms with van der Waals surface area (Å²) in [5.41, 5.74) is -1.03. The van der Waals surface area contributed by atoms with E-state index in [4.69, 9.17) is 16.3 Å². The molecule has 0 fully saturated rings. The molecule has 0 heterocycles. The first-order valence-corrected chi connectivity index (χ1v) is 4.82. The van der Waals surface area contributed by atoms with Crippen LogP contribution in [0.2, 0.25) is 5.02 Å². The lowest BCUT2D eigenvalue weighted by atomic mass is 10.2. The highest BCUT2D eigenvalue weighted by Gasteiger charge is 2.32. The van der Waals surface area contributed by atoms with Crippen molar-refractivity contribution in [3.63, 3.8) is 0 Å². The Hall–Kier alpha value is -0.970. The summed E-state index contributed by atoms with van der Waals surface area (Å²) in [6.07, 6.45) is -5.01. The Labute approximate surface area is 95.0 Å². The molecule has 0 unspecified atom stereocenters. The molecule has 0 aliphatic rings. The predicted molar refractivity (Wildman–Crippen MR) is 52.2 cm³/mol. The number of rotatable bonds is 2. The van der Waals surface area contributed by atoms with E-state index in [2.05, 4.69) is 0 Å². The van der Waals surface area contributed by atoms with Gasteiger partial charge in [0, 0.05) is 0 Å². The SMILES string of the molecule is CC(C)Oc1cc(C(F)(F)F)cc(Cl)c1F. The first-order chi connectivity index (χ1) is 7.21. The van der Waals surface area contributed by atoms with Crippen LogP contribution in [0.5, 0.6) is 5.75 Å². The highest BCUT2D eigenvalue weighted by molar-refractivity contribution is 6.31. The fourth-order valence-corrected chi connectivity index (χ4v) is 1.28. The van der Waals surface area contributed by atoms with E-state index < -0.39 is 34.4 Å². The third kappa shape index (κ3) is 3.01. The summed E-state index contributed by atoms with van der Waals surface area (Å²) in [5.74, 6) is -1.47. The molecule has 90 valence electrons. The van der Waals surface area contributed by atoms with Crippen LogP contribution in [0.4, 0.5) is 17.6 Å². The molecule has 1 aromatic carbocycles. The number of benzene rings is 1. The smallest absolute Gasteiger partial charge is 0.416 e. The minimum atomic E-state index is -4.58. The molecule has 0 saturated carbocycles. The van der Waals surface area contributed by atoms with Crippen molar-refractivity contribution >= 4 is 11.6 Å². The van der Waals surface area contributed by atoms with Crippen LogP contribution in [0.15, 0.2) is 12.1 Å². The van der Waals surface area contributed by atoms with Crippen LogP contribution in [-0.2, 0) is 6.18 Å². The Morgan fingerprint density at radius 1 is 1.25 bits per heavy atom. The molecule has 6 heteroatoms. The van der Waals surface area contributed by atoms with Crippen molar-refractivity contribution in [2.24, 2.45) is 0 Å². The van der Waals surface area contributed by atoms with Crippen LogP contribution >= 0.6 is 11.6 Å². The molecule has 0 saturated heterocycles. The van der Waals surface area contributed by atoms with E-state index in [0.717, 1.165) is 0 Å². The Morgan fingerprint density at radius 3 is 2.25 bits per heavy atom. The first kappa shape index (κ1) is 13.1. The standard InChI is InChI=1S/C10H9ClF4O/c1-5(2)16-8-4-6(10(13,14)15)3-7(11)9(8)12/h3-5H,1-2H3. The Morgan fingerprint density at radius 2 is 1.81 bits per heavy atom. The third-order valence-corrected chi connectivity index (χ3v) is 1.96. The number of ether oxygens (including phenoxy) is 1. The van der Waals surface area contributed by atoms with Crippen LogP contribution in [-0.4, -0.2) is 6.10 Å². The van der Waals surface area contributed by atoms with Gasteiger partial charge in [0.15, 0.2) is 11.6 Å². The van der Waals surface area contributed by atoms with Gasteiger partial charge in [-0.1, -0.05) is 11.6 Å². The van der Waals surface area contributed by atoms with E-state index in [1.165, 1.54) is 0 Å². The van der Waals surface area contributed by atoms with Gasteiger partial charge in [-0.3, -0.25) is 0 Å². The second kappa shape index (κ2) is 4.49. The van der Waals surface area contributed by atoms with Crippen molar-refractivity contribution in [3.8, 4) is 5.75 Å². The molecule has 0 N–H and O–H groups in total. The van der Waals surface area contributed by atoms with Gasteiger partial charge in [0.2, 0.25) is 0 Å². The number of alkyl halides is 3. The van der Waals surface area contributed by atoms with Gasteiger partial charge in [0.1, 0.15) is 0 Å². The monoisotopic (exact) mass is 256 g/mol. The predicted octanol–water partition coefficient (Wildman–Crippen LogP) is 4.29. The summed E-state index contributed by atoms with van der Waals surface area (Å²) in [6.45, 7) is 3.15. The fourth-order valence-electron chi connectivity index (χ4n) is 1.07. The van der Waals surface area contributed by atoms with Crippen LogP contribution < -0.4 is 4.74 Å². The molecule has 0 bridgehead atoms. The van der Waals surface area contributed by atoms with Gasteiger partial charge in [-0.2, -0.15) is 13.2 Å². The molecule has 0 aliphatic carbocycles. The second-order valence-electron chi connectivity index (χ2n) is 3.43. The van der Waals surface area contributed by atoms with Crippen LogP contribution in [0, 0.1) is 5.82 Å². The van der Waals surface area contributed by atoms with E-state index in [1.807, 2.05) is 0 Å². The zero-order chi connectivity index (χ0) is 12.5. The molecule has 0 atom stereocenters. The van der Waals surface area contributed by atoms with Crippen LogP contribution in [0.25, 0.3) is 0 Å². The van der Waals surface area contributed by atoms with Crippen molar-refractivity contribution in [1.29, 1.82) is 0 Å². The van der Waals surface area contributed by atoms with Gasteiger partial charge >= 0.3 is 6.18 Å². The summed E-state index contributed by atoms with van der Waals surface area (Å²) in [4.78, 5) is 0. The average molecular weight is 257 g/mol. The first-order valence-electron chi connectivity index (χ1n) is 4.44. The molecule has 16 heavy (non-hydrogen) atoms. The third-order valence-electron chi connectivity index (χ3n) is 1.68. The van der Waals surface area contributed by atoms with Crippen molar-refractivity contribution in [2.45, 2.75) is 26.1 Å². The molecule has 1 nitrogen and oxygen atoms in total. The normalized spacial score (nSPS) is 12.0. The van der Waals surface area contributed by atoms with Crippen LogP contribution in [0.3, 0.4) is 0 Å². The summed E-state index contributed by atoms with van der Waals surface area (Å²) in [6, 6.07) is 1.13. The maximum absolute atomic E-state index is 13.3. The summed E-state index contributed by atoms with van der Waals surface area (Å²) < 4.78 is 55.3. The zero-order valence-corrected chi connectivity index (χ0v) is 9.29. The van der Waals surface area contributed by atoms with E-state index in [-0.39, 0.29) is 0 Å². The second-order valence-corrected chi connectivity index (χ2v) is 3.84. The molecule has 0 aliphatic heterocycles. The summed E-state index contributed by atoms with van der Waals surface area (Å²) in [7, 11) is 0. The zero-order valence-electron chi connectivity index (χ0n) is 8.53. The van der Waals surface area contributed by atoms with Crippen molar-refractivity contribution in [3.05, 3.63) is 28.5 Å². The molecule has 0 spiro atoms. The van der Waals surface area contributed by atoms with Gasteiger partial charge in [0.05, 0.1) is 16.7 Å². The quantitative estimate of drug-likeness (QED) is 0.718. The minimum absolute atomic E-state index is 0.436. The highest BCUT2D eigenvalue weighted by atomic mass is 35.5. The number of hydrogen-bond acceptors (Lipinski definition) is 1. The lowest BCUT2D eigenvalue weighted by Gasteiger charge is -2.14. The van der Waals surface area contributed by atoms with E-state index >= 15 is 0 Å². The van der Waals surface area contributed by atoms with Gasteiger partial charge in [-0.05, 0) is 26.0 Å². The van der Waals surface area contributed by atoms with E-state index in [0.29, 0.717) is 12.1 Å². The largest absolute Gasteiger partial charge is 0.488 e. The lowest BCUT2D eigenvalue weighted by Crippen LogP contribution is -2.10. The van der Waals surface area contributed by atoms with Gasteiger partial charge < -0.3 is 4.74 Å². The Balaban J connectivity index is 3.22. The fraction of sp³-hybridized carbons (Fsp3) is 0.400. The van der Waals surface area contributed by atoms with E-state index in [1.54, 1.807) is 13.8 Å². The molecular formula is C10H9ClF4O. The maximum atomic E-state index is 13.3. The lowest BCUT2D eigenvalue weighted by molar-refractivity contribution is -0.137.